The number of hydrogen-bond donors (Lipinski definition) is 3. The maximum absolute atomic E-state index is 15.2. The largest absolute Gasteiger partial charge is 0.467 e. The highest BCUT2D eigenvalue weighted by molar-refractivity contribution is 8.15. The van der Waals surface area contributed by atoms with Gasteiger partial charge in [0.15, 0.2) is 11.8 Å². The number of nitrogens with one attached hydrogen (secondary N) is 2. The molecule has 4 atom stereocenters. The molecule has 2 aliphatic rings. The summed E-state index contributed by atoms with van der Waals surface area (Å²) < 4.78 is 55.7. The molecule has 2 amide bonds. The van der Waals surface area contributed by atoms with Gasteiger partial charge in [0.25, 0.3) is 5.91 Å². The highest BCUT2D eigenvalue weighted by Gasteiger charge is 2.76. The Kier molecular flexibility index (Phi) is 7.06. The molecule has 0 spiro atoms. The van der Waals surface area contributed by atoms with E-state index in [1.54, 1.807) is 6.92 Å². The van der Waals surface area contributed by atoms with Gasteiger partial charge in [0.1, 0.15) is 16.3 Å². The zero-order valence-electron chi connectivity index (χ0n) is 20.9. The second-order valence-electron chi connectivity index (χ2n) is 9.68. The van der Waals surface area contributed by atoms with E-state index >= 15 is 4.39 Å². The number of nitrogens with two attached hydrogens (primary N) is 1. The Bertz CT molecular complexity index is 1290. The molecule has 0 saturated heterocycles. The van der Waals surface area contributed by atoms with E-state index in [0.29, 0.717) is 0 Å². The number of alkyl halides is 3. The summed E-state index contributed by atoms with van der Waals surface area (Å²) in [6, 6.07) is 3.84. The summed E-state index contributed by atoms with van der Waals surface area (Å²) in [5, 5.41) is 5.66. The van der Waals surface area contributed by atoms with Gasteiger partial charge in [-0.1, -0.05) is 18.7 Å². The summed E-state index contributed by atoms with van der Waals surface area (Å²) in [5.41, 5.74) is 5.11. The maximum Gasteiger partial charge on any atom is 0.422 e. The van der Waals surface area contributed by atoms with Crippen molar-refractivity contribution < 1.29 is 31.9 Å². The summed E-state index contributed by atoms with van der Waals surface area (Å²) in [6.07, 6.45) is -2.69. The van der Waals surface area contributed by atoms with E-state index in [1.807, 2.05) is 20.8 Å². The normalized spacial score (nSPS) is 26.3. The van der Waals surface area contributed by atoms with Crippen LogP contribution in [-0.2, 0) is 10.3 Å². The number of thioether (sulfide) groups is 1. The average molecular weight is 555 g/mol. The van der Waals surface area contributed by atoms with Crippen molar-refractivity contribution in [3.63, 3.8) is 0 Å². The summed E-state index contributed by atoms with van der Waals surface area (Å²) in [4.78, 5) is 37.8. The molecule has 2 aromatic rings. The molecule has 1 aromatic heterocycles. The van der Waals surface area contributed by atoms with Crippen molar-refractivity contribution in [3.8, 4) is 5.88 Å². The Balaban J connectivity index is 1.57. The van der Waals surface area contributed by atoms with Crippen molar-refractivity contribution in [2.75, 3.05) is 11.9 Å². The number of aliphatic imine (C=N–C) groups is 1. The van der Waals surface area contributed by atoms with Gasteiger partial charge < -0.3 is 21.1 Å². The van der Waals surface area contributed by atoms with Gasteiger partial charge in [0.2, 0.25) is 11.8 Å². The smallest absolute Gasteiger partial charge is 0.422 e. The number of rotatable bonds is 7. The standard InChI is InChI=1S/C24H26F4N6O3S/c1-11(2)32-20(36)24-12(3)18(24)22(4,34-21(29)38-24)14-7-13(5-6-15(14)25)33-19(35)16-8-31-17(9-30-16)37-10-23(26,27)28/h5-9,11-12,18H,10H2,1-4H3,(H2,29,34)(H,32,36)(H,33,35)/t12-,18?,22+,24-/m0/s1. The first kappa shape index (κ1) is 27.6. The first-order valence-electron chi connectivity index (χ1n) is 11.7. The molecule has 1 fully saturated rings. The molecule has 14 heteroatoms. The zero-order valence-corrected chi connectivity index (χ0v) is 21.7. The molecule has 1 saturated carbocycles. The summed E-state index contributed by atoms with van der Waals surface area (Å²) >= 11 is 1.18. The third kappa shape index (κ3) is 5.13. The minimum atomic E-state index is -4.55. The van der Waals surface area contributed by atoms with E-state index in [9.17, 15) is 22.8 Å². The number of aromatic nitrogens is 2. The van der Waals surface area contributed by atoms with Gasteiger partial charge >= 0.3 is 6.18 Å². The number of nitrogens with zero attached hydrogens (tertiary/aromatic N) is 3. The number of hydrogen-bond acceptors (Lipinski definition) is 8. The quantitative estimate of drug-likeness (QED) is 0.446. The molecular weight excluding hydrogens is 528 g/mol. The van der Waals surface area contributed by atoms with E-state index in [0.717, 1.165) is 12.4 Å². The fraction of sp³-hybridized carbons (Fsp3) is 0.458. The van der Waals surface area contributed by atoms with Crippen LogP contribution < -0.4 is 21.1 Å². The lowest BCUT2D eigenvalue weighted by atomic mass is 9.84. The highest BCUT2D eigenvalue weighted by Crippen LogP contribution is 2.69. The van der Waals surface area contributed by atoms with E-state index in [2.05, 4.69) is 30.3 Å². The van der Waals surface area contributed by atoms with Crippen molar-refractivity contribution in [2.45, 2.75) is 50.2 Å². The van der Waals surface area contributed by atoms with Crippen molar-refractivity contribution >= 4 is 34.4 Å². The molecule has 0 bridgehead atoms. The van der Waals surface area contributed by atoms with Crippen LogP contribution >= 0.6 is 11.8 Å². The molecule has 1 aliphatic carbocycles. The predicted molar refractivity (Wildman–Crippen MR) is 133 cm³/mol. The SMILES string of the molecule is CC(C)NC(=O)[C@@]12SC(N)=N[C@](C)(c3cc(NC(=O)c4cnc(OCC(F)(F)F)cn4)ccc3F)C1[C@@H]2C. The van der Waals surface area contributed by atoms with Crippen LogP contribution in [0.4, 0.5) is 23.2 Å². The lowest BCUT2D eigenvalue weighted by molar-refractivity contribution is -0.154. The number of carbonyl (C=O) groups is 2. The van der Waals surface area contributed by atoms with Crippen molar-refractivity contribution in [2.24, 2.45) is 22.6 Å². The Morgan fingerprint density at radius 3 is 2.55 bits per heavy atom. The topological polar surface area (TPSA) is 132 Å². The second-order valence-corrected chi connectivity index (χ2v) is 11.0. The van der Waals surface area contributed by atoms with E-state index < -0.39 is 40.7 Å². The summed E-state index contributed by atoms with van der Waals surface area (Å²) in [5.74, 6) is -2.42. The zero-order chi connectivity index (χ0) is 28.0. The Morgan fingerprint density at radius 2 is 1.95 bits per heavy atom. The third-order valence-corrected chi connectivity index (χ3v) is 7.99. The number of fused-ring (bicyclic) bond motifs is 1. The number of anilines is 1. The van der Waals surface area contributed by atoms with Crippen LogP contribution in [0.15, 0.2) is 35.6 Å². The van der Waals surface area contributed by atoms with E-state index in [4.69, 9.17) is 5.73 Å². The monoisotopic (exact) mass is 554 g/mol. The van der Waals surface area contributed by atoms with Gasteiger partial charge in [-0.2, -0.15) is 13.2 Å². The van der Waals surface area contributed by atoms with Gasteiger partial charge in [0.05, 0.1) is 17.9 Å². The van der Waals surface area contributed by atoms with Crippen LogP contribution in [0.2, 0.25) is 0 Å². The second kappa shape index (κ2) is 9.71. The van der Waals surface area contributed by atoms with Crippen LogP contribution in [0, 0.1) is 17.7 Å². The predicted octanol–water partition coefficient (Wildman–Crippen LogP) is 3.62. The number of carbonyl (C=O) groups excluding carboxylic acids is 2. The van der Waals surface area contributed by atoms with Crippen LogP contribution in [0.25, 0.3) is 0 Å². The first-order chi connectivity index (χ1) is 17.7. The minimum absolute atomic E-state index is 0.0964. The first-order valence-corrected chi connectivity index (χ1v) is 12.5. The van der Waals surface area contributed by atoms with Gasteiger partial charge in [-0.05, 0) is 44.9 Å². The molecule has 0 radical (unpaired) electrons. The lowest BCUT2D eigenvalue weighted by Gasteiger charge is -2.34. The molecule has 4 N–H and O–H groups in total. The van der Waals surface area contributed by atoms with Crippen LogP contribution in [0.5, 0.6) is 5.88 Å². The van der Waals surface area contributed by atoms with Gasteiger partial charge in [-0.25, -0.2) is 14.4 Å². The molecule has 2 heterocycles. The number of amidine groups is 1. The molecular formula is C24H26F4N6O3S. The summed E-state index contributed by atoms with van der Waals surface area (Å²) in [6.45, 7) is 5.75. The highest BCUT2D eigenvalue weighted by atomic mass is 32.2. The van der Waals surface area contributed by atoms with Crippen LogP contribution in [0.1, 0.15) is 43.7 Å². The van der Waals surface area contributed by atoms with Gasteiger partial charge in [-0.3, -0.25) is 14.6 Å². The Morgan fingerprint density at radius 1 is 1.24 bits per heavy atom. The third-order valence-electron chi connectivity index (χ3n) is 6.54. The molecule has 1 unspecified atom stereocenters. The maximum atomic E-state index is 15.2. The number of halogens is 4. The van der Waals surface area contributed by atoms with Crippen molar-refractivity contribution in [1.82, 2.24) is 15.3 Å². The van der Waals surface area contributed by atoms with Crippen LogP contribution in [0.3, 0.4) is 0 Å². The average Bonchev–Trinajstić information content (AvgIpc) is 3.44. The van der Waals surface area contributed by atoms with Crippen LogP contribution in [-0.4, -0.2) is 50.5 Å². The number of ether oxygens (including phenoxy) is 1. The number of benzene rings is 1. The molecule has 204 valence electrons. The molecule has 38 heavy (non-hydrogen) atoms. The van der Waals surface area contributed by atoms with Crippen molar-refractivity contribution in [1.29, 1.82) is 0 Å². The minimum Gasteiger partial charge on any atom is -0.467 e. The Hall–Kier alpha value is -3.42. The summed E-state index contributed by atoms with van der Waals surface area (Å²) in [7, 11) is 0. The Labute approximate surface area is 220 Å². The molecule has 9 nitrogen and oxygen atoms in total. The molecule has 1 aromatic carbocycles. The van der Waals surface area contributed by atoms with Crippen molar-refractivity contribution in [3.05, 3.63) is 47.7 Å². The lowest BCUT2D eigenvalue weighted by Crippen LogP contribution is -2.46. The van der Waals surface area contributed by atoms with Gasteiger partial charge in [-0.15, -0.1) is 0 Å². The number of amides is 2. The van der Waals surface area contributed by atoms with E-state index in [-0.39, 0.29) is 45.9 Å². The molecule has 4 rings (SSSR count). The molecule has 1 aliphatic heterocycles. The van der Waals surface area contributed by atoms with E-state index in [1.165, 1.54) is 30.0 Å². The fourth-order valence-corrected chi connectivity index (χ4v) is 6.48. The van der Waals surface area contributed by atoms with Gasteiger partial charge in [0, 0.05) is 23.2 Å². The fourth-order valence-electron chi connectivity index (χ4n) is 4.93.